The van der Waals surface area contributed by atoms with E-state index in [1.165, 1.54) is 0 Å². The number of nitrogens with one attached hydrogen (secondary N) is 1. The van der Waals surface area contributed by atoms with Crippen LogP contribution in [0.1, 0.15) is 34.1 Å². The summed E-state index contributed by atoms with van der Waals surface area (Å²) in [6.45, 7) is 8.92. The smallest absolute Gasteiger partial charge is 0.188 e. The maximum Gasteiger partial charge on any atom is 0.188 e. The maximum absolute atomic E-state index is 5.66. The van der Waals surface area contributed by atoms with Crippen LogP contribution in [-0.4, -0.2) is 18.0 Å². The number of allylic oxidation sites excluding steroid dienone is 1. The fourth-order valence-electron chi connectivity index (χ4n) is 0.850. The van der Waals surface area contributed by atoms with Crippen molar-refractivity contribution in [1.82, 2.24) is 5.32 Å². The van der Waals surface area contributed by atoms with Crippen molar-refractivity contribution in [2.75, 3.05) is 6.54 Å². The molecule has 0 aliphatic carbocycles. The molecule has 3 N–H and O–H groups in total. The van der Waals surface area contributed by atoms with Crippen molar-refractivity contribution in [3.8, 4) is 0 Å². The zero-order chi connectivity index (χ0) is 10.3. The van der Waals surface area contributed by atoms with Crippen LogP contribution in [0.2, 0.25) is 0 Å². The van der Waals surface area contributed by atoms with Crippen LogP contribution in [0, 0.1) is 0 Å². The lowest BCUT2D eigenvalue weighted by atomic mass is 10.1. The summed E-state index contributed by atoms with van der Waals surface area (Å²) < 4.78 is 0. The van der Waals surface area contributed by atoms with Gasteiger partial charge < -0.3 is 11.1 Å². The van der Waals surface area contributed by atoms with Gasteiger partial charge in [0.2, 0.25) is 0 Å². The van der Waals surface area contributed by atoms with E-state index < -0.39 is 0 Å². The van der Waals surface area contributed by atoms with E-state index in [0.29, 0.717) is 5.96 Å². The molecule has 3 heteroatoms. The predicted molar refractivity (Wildman–Crippen MR) is 58.8 cm³/mol. The molecule has 0 saturated carbocycles. The van der Waals surface area contributed by atoms with Crippen LogP contribution in [-0.2, 0) is 0 Å². The first kappa shape index (κ1) is 12.0. The van der Waals surface area contributed by atoms with Gasteiger partial charge in [-0.05, 0) is 34.1 Å². The Labute approximate surface area is 81.1 Å². The van der Waals surface area contributed by atoms with Gasteiger partial charge in [0, 0.05) is 12.1 Å². The van der Waals surface area contributed by atoms with Gasteiger partial charge >= 0.3 is 0 Å². The van der Waals surface area contributed by atoms with Crippen LogP contribution < -0.4 is 11.1 Å². The zero-order valence-corrected chi connectivity index (χ0v) is 9.09. The highest BCUT2D eigenvalue weighted by atomic mass is 15.1. The fourth-order valence-corrected chi connectivity index (χ4v) is 0.850. The molecule has 0 aliphatic heterocycles. The van der Waals surface area contributed by atoms with Crippen molar-refractivity contribution in [3.63, 3.8) is 0 Å². The lowest BCUT2D eigenvalue weighted by Crippen LogP contribution is -2.45. The first-order chi connectivity index (χ1) is 5.95. The van der Waals surface area contributed by atoms with Crippen LogP contribution in [0.4, 0.5) is 0 Å². The normalized spacial score (nSPS) is 13.7. The molecule has 3 nitrogen and oxygen atoms in total. The van der Waals surface area contributed by atoms with Gasteiger partial charge in [0.25, 0.3) is 0 Å². The zero-order valence-electron chi connectivity index (χ0n) is 9.09. The molecular weight excluding hydrogens is 162 g/mol. The number of hydrogen-bond donors (Lipinski definition) is 2. The second-order valence-corrected chi connectivity index (χ2v) is 4.00. The average molecular weight is 183 g/mol. The van der Waals surface area contributed by atoms with Gasteiger partial charge in [-0.25, -0.2) is 0 Å². The molecule has 0 amide bonds. The van der Waals surface area contributed by atoms with Crippen LogP contribution in [0.5, 0.6) is 0 Å². The monoisotopic (exact) mass is 183 g/mol. The van der Waals surface area contributed by atoms with Gasteiger partial charge in [0.15, 0.2) is 5.96 Å². The molecule has 0 heterocycles. The number of guanidine groups is 1. The molecule has 0 bridgehead atoms. The third kappa shape index (κ3) is 8.92. The Kier molecular flexibility index (Phi) is 5.19. The van der Waals surface area contributed by atoms with Crippen molar-refractivity contribution in [2.45, 2.75) is 39.7 Å². The first-order valence-corrected chi connectivity index (χ1v) is 4.65. The standard InChI is InChI=1S/C10H21N3/c1-5-6-7-8-12-9(11)13-10(2,3)4/h5-6H,7-8H2,1-4H3,(H3,11,12,13)/b6-5+. The molecule has 13 heavy (non-hydrogen) atoms. The van der Waals surface area contributed by atoms with Gasteiger partial charge in [-0.3, -0.25) is 4.99 Å². The molecule has 0 rings (SSSR count). The van der Waals surface area contributed by atoms with Gasteiger partial charge in [-0.15, -0.1) is 0 Å². The average Bonchev–Trinajstić information content (AvgIpc) is 1.94. The fraction of sp³-hybridized carbons (Fsp3) is 0.700. The highest BCUT2D eigenvalue weighted by molar-refractivity contribution is 5.78. The summed E-state index contributed by atoms with van der Waals surface area (Å²) in [5.74, 6) is 0.525. The van der Waals surface area contributed by atoms with Crippen molar-refractivity contribution in [1.29, 1.82) is 0 Å². The summed E-state index contributed by atoms with van der Waals surface area (Å²) in [5, 5.41) is 3.10. The molecule has 0 saturated heterocycles. The van der Waals surface area contributed by atoms with Gasteiger partial charge in [-0.1, -0.05) is 12.2 Å². The number of nitrogens with zero attached hydrogens (tertiary/aromatic N) is 1. The quantitative estimate of drug-likeness (QED) is 0.302. The Morgan fingerprint density at radius 2 is 2.08 bits per heavy atom. The number of aliphatic imine (C=N–C) groups is 1. The van der Waals surface area contributed by atoms with Gasteiger partial charge in [0.05, 0.1) is 0 Å². The van der Waals surface area contributed by atoms with Gasteiger partial charge in [-0.2, -0.15) is 0 Å². The van der Waals surface area contributed by atoms with E-state index in [0.717, 1.165) is 13.0 Å². The summed E-state index contributed by atoms with van der Waals surface area (Å²) in [4.78, 5) is 4.18. The molecule has 76 valence electrons. The minimum Gasteiger partial charge on any atom is -0.370 e. The molecule has 0 aromatic heterocycles. The molecule has 0 unspecified atom stereocenters. The molecule has 0 aliphatic rings. The summed E-state index contributed by atoms with van der Waals surface area (Å²) in [5.41, 5.74) is 5.65. The van der Waals surface area contributed by atoms with E-state index >= 15 is 0 Å². The van der Waals surface area contributed by atoms with E-state index in [2.05, 4.69) is 37.2 Å². The molecule has 0 spiro atoms. The molecule has 0 aromatic carbocycles. The Bertz CT molecular complexity index is 187. The topological polar surface area (TPSA) is 50.4 Å². The second kappa shape index (κ2) is 5.62. The first-order valence-electron chi connectivity index (χ1n) is 4.65. The highest BCUT2D eigenvalue weighted by Crippen LogP contribution is 1.97. The highest BCUT2D eigenvalue weighted by Gasteiger charge is 2.08. The van der Waals surface area contributed by atoms with E-state index in [4.69, 9.17) is 5.73 Å². The van der Waals surface area contributed by atoms with Crippen molar-refractivity contribution in [2.24, 2.45) is 10.7 Å². The number of rotatable bonds is 3. The van der Waals surface area contributed by atoms with E-state index in [-0.39, 0.29) is 5.54 Å². The van der Waals surface area contributed by atoms with Crippen LogP contribution in [0.3, 0.4) is 0 Å². The summed E-state index contributed by atoms with van der Waals surface area (Å²) >= 11 is 0. The lowest BCUT2D eigenvalue weighted by molar-refractivity contribution is 0.508. The van der Waals surface area contributed by atoms with Crippen LogP contribution in [0.15, 0.2) is 17.1 Å². The molecule has 0 atom stereocenters. The second-order valence-electron chi connectivity index (χ2n) is 4.00. The van der Waals surface area contributed by atoms with Crippen molar-refractivity contribution in [3.05, 3.63) is 12.2 Å². The Balaban J connectivity index is 3.76. The van der Waals surface area contributed by atoms with Gasteiger partial charge in [0.1, 0.15) is 0 Å². The Hall–Kier alpha value is -0.990. The largest absolute Gasteiger partial charge is 0.370 e. The minimum absolute atomic E-state index is 0.00577. The van der Waals surface area contributed by atoms with Crippen LogP contribution >= 0.6 is 0 Å². The van der Waals surface area contributed by atoms with E-state index in [1.54, 1.807) is 0 Å². The summed E-state index contributed by atoms with van der Waals surface area (Å²) in [7, 11) is 0. The third-order valence-electron chi connectivity index (χ3n) is 1.32. The molecular formula is C10H21N3. The lowest BCUT2D eigenvalue weighted by Gasteiger charge is -2.20. The van der Waals surface area contributed by atoms with E-state index in [1.807, 2.05) is 13.0 Å². The third-order valence-corrected chi connectivity index (χ3v) is 1.32. The van der Waals surface area contributed by atoms with Crippen LogP contribution in [0.25, 0.3) is 0 Å². The van der Waals surface area contributed by atoms with E-state index in [9.17, 15) is 0 Å². The molecule has 0 fully saturated rings. The number of nitrogens with two attached hydrogens (primary N) is 1. The van der Waals surface area contributed by atoms with Crippen molar-refractivity contribution >= 4 is 5.96 Å². The maximum atomic E-state index is 5.66. The predicted octanol–water partition coefficient (Wildman–Crippen LogP) is 1.66. The Morgan fingerprint density at radius 1 is 1.46 bits per heavy atom. The molecule has 0 radical (unpaired) electrons. The van der Waals surface area contributed by atoms with Crippen molar-refractivity contribution < 1.29 is 0 Å². The Morgan fingerprint density at radius 3 is 2.54 bits per heavy atom. The summed E-state index contributed by atoms with van der Waals surface area (Å²) in [6.07, 6.45) is 5.04. The minimum atomic E-state index is -0.00577. The summed E-state index contributed by atoms with van der Waals surface area (Å²) in [6, 6.07) is 0. The number of hydrogen-bond acceptors (Lipinski definition) is 1. The SMILES string of the molecule is C/C=C/CCN=C(N)NC(C)(C)C. The molecule has 0 aromatic rings.